The fraction of sp³-hybridized carbons (Fsp3) is 0.208. The molecule has 0 spiro atoms. The largest absolute Gasteiger partial charge is 0.488 e. The van der Waals surface area contributed by atoms with Crippen LogP contribution in [0.3, 0.4) is 0 Å². The number of ether oxygens (including phenoxy) is 1. The van der Waals surface area contributed by atoms with Crippen LogP contribution in [-0.2, 0) is 17.9 Å². The maximum absolute atomic E-state index is 13.0. The predicted octanol–water partition coefficient (Wildman–Crippen LogP) is 3.56. The van der Waals surface area contributed by atoms with Crippen molar-refractivity contribution in [2.75, 3.05) is 0 Å². The number of amides is 2. The Hall–Kier alpha value is -3.67. The van der Waals surface area contributed by atoms with Gasteiger partial charge in [0.25, 0.3) is 5.91 Å². The number of pyridine rings is 1. The van der Waals surface area contributed by atoms with Crippen LogP contribution < -0.4 is 10.1 Å². The molecule has 1 unspecified atom stereocenters. The number of carbonyl (C=O) groups excluding carboxylic acids is 2. The molecule has 0 bridgehead atoms. The lowest BCUT2D eigenvalue weighted by Crippen LogP contribution is -2.49. The van der Waals surface area contributed by atoms with E-state index in [0.717, 1.165) is 22.0 Å². The van der Waals surface area contributed by atoms with Crippen molar-refractivity contribution in [1.82, 2.24) is 15.2 Å². The second-order valence-electron chi connectivity index (χ2n) is 7.69. The maximum atomic E-state index is 13.0. The van der Waals surface area contributed by atoms with Crippen LogP contribution in [0.25, 0.3) is 10.9 Å². The Bertz CT molecular complexity index is 1190. The number of hydrogen-bond donors (Lipinski definition) is 1. The van der Waals surface area contributed by atoms with Gasteiger partial charge in [-0.3, -0.25) is 14.6 Å². The van der Waals surface area contributed by atoms with Gasteiger partial charge in [0.1, 0.15) is 18.4 Å². The topological polar surface area (TPSA) is 71.5 Å². The highest BCUT2D eigenvalue weighted by atomic mass is 16.5. The fourth-order valence-corrected chi connectivity index (χ4v) is 4.13. The summed E-state index contributed by atoms with van der Waals surface area (Å²) in [6.07, 6.45) is 3.07. The first kappa shape index (κ1) is 18.4. The number of hydrogen-bond acceptors (Lipinski definition) is 4. The summed E-state index contributed by atoms with van der Waals surface area (Å²) < 4.78 is 6.08. The zero-order valence-corrected chi connectivity index (χ0v) is 16.4. The van der Waals surface area contributed by atoms with Crippen molar-refractivity contribution in [2.45, 2.75) is 32.0 Å². The van der Waals surface area contributed by atoms with E-state index < -0.39 is 6.04 Å². The van der Waals surface area contributed by atoms with E-state index in [1.807, 2.05) is 42.6 Å². The van der Waals surface area contributed by atoms with E-state index in [2.05, 4.69) is 22.9 Å². The standard InChI is InChI=1S/C24H21N3O3/c1-15-9-10-21(23(28)26-15)27-13-19-18(24(27)29)6-4-8-22(19)30-14-16-11-17-5-2-3-7-20(17)25-12-16/h2-8,11-12,21H,1,9-10,13-14H2,(H,26,28). The highest BCUT2D eigenvalue weighted by Gasteiger charge is 2.39. The third-order valence-corrected chi connectivity index (χ3v) is 5.69. The van der Waals surface area contributed by atoms with Crippen molar-refractivity contribution in [1.29, 1.82) is 0 Å². The minimum atomic E-state index is -0.479. The molecule has 1 saturated heterocycles. The fourth-order valence-electron chi connectivity index (χ4n) is 4.13. The summed E-state index contributed by atoms with van der Waals surface area (Å²) in [6, 6.07) is 15.0. The summed E-state index contributed by atoms with van der Waals surface area (Å²) in [4.78, 5) is 31.4. The third-order valence-electron chi connectivity index (χ3n) is 5.69. The van der Waals surface area contributed by atoms with Gasteiger partial charge < -0.3 is 15.0 Å². The molecule has 6 heteroatoms. The van der Waals surface area contributed by atoms with Gasteiger partial charge in [-0.25, -0.2) is 0 Å². The minimum absolute atomic E-state index is 0.129. The van der Waals surface area contributed by atoms with Crippen LogP contribution in [0.2, 0.25) is 0 Å². The number of nitrogens with one attached hydrogen (secondary N) is 1. The minimum Gasteiger partial charge on any atom is -0.488 e. The molecule has 2 amide bonds. The number of benzene rings is 2. The molecule has 30 heavy (non-hydrogen) atoms. The highest BCUT2D eigenvalue weighted by Crippen LogP contribution is 2.34. The number of fused-ring (bicyclic) bond motifs is 2. The first-order chi connectivity index (χ1) is 14.6. The van der Waals surface area contributed by atoms with Crippen LogP contribution in [0, 0.1) is 0 Å². The van der Waals surface area contributed by atoms with Gasteiger partial charge in [-0.15, -0.1) is 0 Å². The van der Waals surface area contributed by atoms with Gasteiger partial charge in [0.2, 0.25) is 5.91 Å². The molecule has 5 rings (SSSR count). The third kappa shape index (κ3) is 3.20. The Kier molecular flexibility index (Phi) is 4.47. The van der Waals surface area contributed by atoms with Crippen molar-refractivity contribution in [2.24, 2.45) is 0 Å². The van der Waals surface area contributed by atoms with Gasteiger partial charge in [-0.05, 0) is 37.1 Å². The van der Waals surface area contributed by atoms with E-state index in [-0.39, 0.29) is 11.8 Å². The van der Waals surface area contributed by atoms with Gasteiger partial charge in [0.15, 0.2) is 0 Å². The molecule has 2 aliphatic rings. The molecule has 1 aromatic heterocycles. The molecule has 1 fully saturated rings. The number of piperidine rings is 1. The van der Waals surface area contributed by atoms with Gasteiger partial charge in [0, 0.05) is 34.0 Å². The van der Waals surface area contributed by atoms with E-state index in [4.69, 9.17) is 4.74 Å². The molecule has 1 N–H and O–H groups in total. The smallest absolute Gasteiger partial charge is 0.255 e. The van der Waals surface area contributed by atoms with Crippen LogP contribution in [0.4, 0.5) is 0 Å². The zero-order valence-electron chi connectivity index (χ0n) is 16.4. The number of rotatable bonds is 4. The molecule has 1 atom stereocenters. The lowest BCUT2D eigenvalue weighted by atomic mass is 10.0. The average molecular weight is 399 g/mol. The Labute approximate surface area is 174 Å². The molecule has 2 aliphatic heterocycles. The van der Waals surface area contributed by atoms with Crippen LogP contribution >= 0.6 is 0 Å². The van der Waals surface area contributed by atoms with Crippen LogP contribution in [0.1, 0.15) is 34.3 Å². The van der Waals surface area contributed by atoms with Gasteiger partial charge >= 0.3 is 0 Å². The van der Waals surface area contributed by atoms with E-state index >= 15 is 0 Å². The van der Waals surface area contributed by atoms with Crippen molar-refractivity contribution in [3.8, 4) is 5.75 Å². The van der Waals surface area contributed by atoms with Crippen molar-refractivity contribution in [3.63, 3.8) is 0 Å². The molecular weight excluding hydrogens is 378 g/mol. The van der Waals surface area contributed by atoms with E-state index in [1.54, 1.807) is 11.0 Å². The second-order valence-corrected chi connectivity index (χ2v) is 7.69. The summed E-state index contributed by atoms with van der Waals surface area (Å²) in [5.74, 6) is 0.365. The number of para-hydroxylation sites is 1. The lowest BCUT2D eigenvalue weighted by Gasteiger charge is -2.31. The number of allylic oxidation sites excluding steroid dienone is 1. The second kappa shape index (κ2) is 7.30. The van der Waals surface area contributed by atoms with E-state index in [1.165, 1.54) is 0 Å². The Morgan fingerprint density at radius 2 is 2.03 bits per heavy atom. The van der Waals surface area contributed by atoms with Crippen molar-refractivity contribution in [3.05, 3.63) is 83.7 Å². The molecule has 150 valence electrons. The summed E-state index contributed by atoms with van der Waals surface area (Å²) in [5.41, 5.74) is 4.03. The Morgan fingerprint density at radius 1 is 1.17 bits per heavy atom. The summed E-state index contributed by atoms with van der Waals surface area (Å²) >= 11 is 0. The first-order valence-electron chi connectivity index (χ1n) is 9.98. The molecule has 6 nitrogen and oxygen atoms in total. The first-order valence-corrected chi connectivity index (χ1v) is 9.98. The zero-order chi connectivity index (χ0) is 20.7. The lowest BCUT2D eigenvalue weighted by molar-refractivity contribution is -0.126. The molecule has 2 aromatic carbocycles. The Balaban J connectivity index is 1.36. The van der Waals surface area contributed by atoms with E-state index in [0.29, 0.717) is 43.0 Å². The normalized spacial score (nSPS) is 18.5. The van der Waals surface area contributed by atoms with Gasteiger partial charge in [-0.2, -0.15) is 0 Å². The molecule has 3 aromatic rings. The average Bonchev–Trinajstić information content (AvgIpc) is 3.09. The number of aromatic nitrogens is 1. The molecule has 0 saturated carbocycles. The molecule has 0 radical (unpaired) electrons. The molecular formula is C24H21N3O3. The summed E-state index contributed by atoms with van der Waals surface area (Å²) in [5, 5.41) is 3.82. The SMILES string of the molecule is C=C1CCC(N2Cc3c(OCc4cnc5ccccc5c4)cccc3C2=O)C(=O)N1. The van der Waals surface area contributed by atoms with Crippen LogP contribution in [-0.4, -0.2) is 27.7 Å². The van der Waals surface area contributed by atoms with Crippen molar-refractivity contribution < 1.29 is 14.3 Å². The number of nitrogens with zero attached hydrogens (tertiary/aromatic N) is 2. The highest BCUT2D eigenvalue weighted by molar-refractivity contribution is 6.02. The van der Waals surface area contributed by atoms with Crippen molar-refractivity contribution >= 4 is 22.7 Å². The maximum Gasteiger partial charge on any atom is 0.255 e. The Morgan fingerprint density at radius 3 is 2.90 bits per heavy atom. The molecule has 0 aliphatic carbocycles. The predicted molar refractivity (Wildman–Crippen MR) is 113 cm³/mol. The van der Waals surface area contributed by atoms with Crippen LogP contribution in [0.5, 0.6) is 5.75 Å². The quantitative estimate of drug-likeness (QED) is 0.728. The summed E-state index contributed by atoms with van der Waals surface area (Å²) in [7, 11) is 0. The van der Waals surface area contributed by atoms with E-state index in [9.17, 15) is 9.59 Å². The summed E-state index contributed by atoms with van der Waals surface area (Å²) in [6.45, 7) is 4.53. The van der Waals surface area contributed by atoms with Crippen LogP contribution in [0.15, 0.2) is 67.0 Å². The molecule has 3 heterocycles. The number of carbonyl (C=O) groups is 2. The van der Waals surface area contributed by atoms with Gasteiger partial charge in [-0.1, -0.05) is 30.8 Å². The monoisotopic (exact) mass is 399 g/mol. The van der Waals surface area contributed by atoms with Gasteiger partial charge in [0.05, 0.1) is 12.1 Å².